The number of nitrogens with zero attached hydrogens (tertiary/aromatic N) is 12. The minimum atomic E-state index is -5.01. The largest absolute Gasteiger partial charge is 1.00 e. The molecule has 0 aliphatic carbocycles. The first-order chi connectivity index (χ1) is 59.5. The molecule has 14 rings (SSSR count). The van der Waals surface area contributed by atoms with Gasteiger partial charge in [-0.05, 0) is 46.8 Å². The van der Waals surface area contributed by atoms with E-state index in [1.54, 1.807) is 20.8 Å². The van der Waals surface area contributed by atoms with E-state index in [1.165, 1.54) is 60.0 Å². The summed E-state index contributed by atoms with van der Waals surface area (Å²) in [5.41, 5.74) is 22.7. The molecular formula is C63H80N20Na6O32P6S6. The van der Waals surface area contributed by atoms with Crippen molar-refractivity contribution in [3.63, 3.8) is 0 Å². The molecule has 6 unspecified atom stereocenters. The van der Waals surface area contributed by atoms with Crippen molar-refractivity contribution in [2.75, 3.05) is 68.3 Å². The van der Waals surface area contributed by atoms with Crippen LogP contribution in [-0.2, 0) is 154 Å². The molecule has 696 valence electrons. The van der Waals surface area contributed by atoms with E-state index in [0.717, 1.165) is 36.9 Å². The molecule has 14 N–H and O–H groups in total. The van der Waals surface area contributed by atoms with Crippen LogP contribution in [0.1, 0.15) is 108 Å². The first-order valence-corrected chi connectivity index (χ1v) is 53.2. The average Bonchev–Trinajstić information content (AvgIpc) is 1.63. The van der Waals surface area contributed by atoms with Gasteiger partial charge in [0.25, 0.3) is 22.2 Å². The van der Waals surface area contributed by atoms with Gasteiger partial charge in [0.1, 0.15) is 126 Å². The number of hydrogen-bond acceptors (Lipinski definition) is 49. The average molecular weight is 2150 g/mol. The number of anilines is 5. The molecule has 24 atom stereocenters. The summed E-state index contributed by atoms with van der Waals surface area (Å²) in [6, 6.07) is 3.77. The zero-order valence-electron chi connectivity index (χ0n) is 72.6. The van der Waals surface area contributed by atoms with Crippen LogP contribution in [0, 0.1) is 13.8 Å². The van der Waals surface area contributed by atoms with Gasteiger partial charge in [-0.1, -0.05) is 70.8 Å². The zero-order chi connectivity index (χ0) is 91.7. The van der Waals surface area contributed by atoms with E-state index >= 15 is 0 Å². The third kappa shape index (κ3) is 30.1. The minimum absolute atomic E-state index is 0. The van der Waals surface area contributed by atoms with Gasteiger partial charge < -0.3 is 146 Å². The van der Waals surface area contributed by atoms with Gasteiger partial charge in [-0.2, -0.15) is 19.9 Å². The van der Waals surface area contributed by atoms with Gasteiger partial charge in [0, 0.05) is 86.2 Å². The minimum Gasteiger partial charge on any atom is -0.780 e. The molecule has 6 aliphatic rings. The summed E-state index contributed by atoms with van der Waals surface area (Å²) in [7, 11) is 0. The van der Waals surface area contributed by atoms with Gasteiger partial charge in [0.15, 0.2) is 22.3 Å². The van der Waals surface area contributed by atoms with Gasteiger partial charge in [-0.15, -0.1) is 0 Å². The number of nitrogens with one attached hydrogen (secondary N) is 3. The van der Waals surface area contributed by atoms with Crippen LogP contribution in [0.3, 0.4) is 0 Å². The van der Waals surface area contributed by atoms with Crippen molar-refractivity contribution in [2.45, 2.75) is 189 Å². The molecule has 0 bridgehead atoms. The third-order valence-corrected chi connectivity index (χ3v) is 29.8. The molecule has 8 aromatic rings. The van der Waals surface area contributed by atoms with E-state index in [-0.39, 0.29) is 266 Å². The molecule has 0 radical (unpaired) electrons. The molecule has 14 heterocycles. The number of nitrogen functional groups attached to an aromatic ring is 5. The summed E-state index contributed by atoms with van der Waals surface area (Å²) >= 11 is 32.4. The number of pyridine rings is 1. The molecule has 70 heteroatoms. The van der Waals surface area contributed by atoms with E-state index in [9.17, 15) is 68.0 Å². The zero-order valence-corrected chi connectivity index (χ0v) is 94.8. The van der Waals surface area contributed by atoms with E-state index in [2.05, 4.69) is 44.9 Å². The predicted octanol–water partition coefficient (Wildman–Crippen LogP) is -21.8. The Morgan fingerprint density at radius 3 is 1.14 bits per heavy atom. The Bertz CT molecular complexity index is 6280. The van der Waals surface area contributed by atoms with Gasteiger partial charge >= 0.3 is 194 Å². The van der Waals surface area contributed by atoms with Crippen LogP contribution in [0.15, 0.2) is 89.2 Å². The number of aliphatic hydroxyl groups excluding tert-OH is 1. The second-order valence-electron chi connectivity index (χ2n) is 30.4. The Morgan fingerprint density at radius 1 is 0.436 bits per heavy atom. The van der Waals surface area contributed by atoms with Gasteiger partial charge in [-0.25, -0.2) is 24.4 Å². The standard InChI is InChI=1S/C63H86N20O32P6S6.6Na/c1-27-17-80(61(90)72-52(27)66)46-14-32(38(106-46)22-100-118(94,124)112-33-15-47(81-18-28(2)55(86)77-62(81)91)107-39(33)21-98-116(92,122)109-30-11-48(103-36(30)19-84)82-25-69-50-53(82)73-58(67)75-56(50)87)111-119(95,125)101-23-40-34(16-49(108-40)83-26-70-51-54(83)74-59(68)76-57(51)88)113-120(96,126)99-20-37-31(12-44(104-37)78-8-6-29(64)10-43(78)85)110-117(93,123)102-24-41-35(114-121(97,127)115-63(3,4)5)13-45(105-41)79-9-7-42(65)71-60(79)89;;;;;;/h6-10,17-18,25-26,30-41,44-49,84H,11-16,19-24,64H2,1-5H3,(H,92,122)(H,93,123)(H,94,124)(H,95,125)(H,96,126)(H,97,127)(H2,65,71,89)(H2,66,72,90)(H,77,86,91)(H3,67,73,75,87)(H3,68,74,76,88);;;;;;/q;6*+1/p-6/t30-,31-,32-,33-,34-,35-,36+,37+,38+,39+,40+,41+,44+,45+,46+,47+,48+,49+,116?,117?,118?,119?,120?,121?;;;;;;/m0....../s1. The van der Waals surface area contributed by atoms with E-state index in [0.29, 0.717) is 0 Å². The van der Waals surface area contributed by atoms with Crippen LogP contribution < -0.4 is 275 Å². The molecule has 6 saturated heterocycles. The molecule has 0 saturated carbocycles. The first-order valence-electron chi connectivity index (χ1n) is 37.9. The summed E-state index contributed by atoms with van der Waals surface area (Å²) in [6.07, 6.45) is -19.5. The molecule has 6 aliphatic heterocycles. The van der Waals surface area contributed by atoms with Crippen LogP contribution in [0.4, 0.5) is 29.2 Å². The van der Waals surface area contributed by atoms with Crippen molar-refractivity contribution in [1.82, 2.24) is 72.3 Å². The topological polar surface area (TPSA) is 729 Å². The summed E-state index contributed by atoms with van der Waals surface area (Å²) in [6.45, 7) is -26.1. The van der Waals surface area contributed by atoms with Crippen LogP contribution in [0.2, 0.25) is 0 Å². The summed E-state index contributed by atoms with van der Waals surface area (Å²) in [5, 5.41) is 10.3. The van der Waals surface area contributed by atoms with Gasteiger partial charge in [0.05, 0.1) is 94.5 Å². The molecule has 8 aromatic heterocycles. The monoisotopic (exact) mass is 2140 g/mol. The molecule has 133 heavy (non-hydrogen) atoms. The molecule has 52 nitrogen and oxygen atoms in total. The number of hydrogen-bond donors (Lipinski definition) is 9. The number of aromatic nitrogens is 15. The van der Waals surface area contributed by atoms with Crippen LogP contribution >= 0.6 is 40.3 Å². The van der Waals surface area contributed by atoms with Crippen molar-refractivity contribution in [1.29, 1.82) is 0 Å². The fraction of sp³-hybridized carbons (Fsp3) is 0.571. The Hall–Kier alpha value is -0.0100. The summed E-state index contributed by atoms with van der Waals surface area (Å²) in [5.74, 6) is -0.840. The molecule has 0 amide bonds. The second-order valence-corrected chi connectivity index (χ2v) is 46.5. The smallest absolute Gasteiger partial charge is 0.780 e. The Kier molecular flexibility index (Phi) is 43.2. The number of aliphatic hydroxyl groups is 1. The maximum Gasteiger partial charge on any atom is 1.00 e. The van der Waals surface area contributed by atoms with Gasteiger partial charge in [0.2, 0.25) is 11.9 Å². The number of H-pyrrole nitrogens is 3. The third-order valence-electron chi connectivity index (χ3n) is 20.1. The van der Waals surface area contributed by atoms with Crippen LogP contribution in [0.5, 0.6) is 0 Å². The summed E-state index contributed by atoms with van der Waals surface area (Å²) < 4.78 is 114. The maximum atomic E-state index is 14.9. The van der Waals surface area contributed by atoms with Gasteiger partial charge in [-0.3, -0.25) is 61.5 Å². The number of ether oxygens (including phenoxy) is 6. The maximum absolute atomic E-state index is 14.9. The number of imidazole rings is 2. The normalized spacial score (nSPS) is 28.0. The first kappa shape index (κ1) is 118. The van der Waals surface area contributed by atoms with Crippen LogP contribution in [-0.4, -0.2) is 196 Å². The second kappa shape index (κ2) is 48.5. The van der Waals surface area contributed by atoms with Crippen molar-refractivity contribution in [2.24, 2.45) is 0 Å². The van der Waals surface area contributed by atoms with Crippen LogP contribution in [0.25, 0.3) is 22.3 Å². The van der Waals surface area contributed by atoms with Crippen molar-refractivity contribution in [3.05, 3.63) is 140 Å². The SMILES string of the molecule is Cc1cn([C@H]2C[C@H](OP([O-])(=S)OC[C@H]3O[C@@H](n4cnc5c(=O)[nH]c(N)nc54)C[C@@H]3OP([O-])(=S)OC[C@H]3O[C@@H](n4ccc(N)cc4=O)C[C@@H]3OP([O-])(=S)OC[C@H]3O[C@@H](n4ccc(N)nc4=O)C[C@@H]3OP([O-])(=S)OC(C)(C)C)[C@@H](COP([O-])(=S)O[C@H]3C[C@H](n4cc(C)c(=O)[nH]c4=O)O[C@@H]3COP([O-])(=S)O[C@H]3C[C@H](n4cnc5c(=O)[nH]c(N)nc54)O[C@@H]3CO)O2)c(=O)nc1N.[Na+].[Na+].[Na+].[Na+].[Na+].[Na+]. The van der Waals surface area contributed by atoms with Crippen molar-refractivity contribution in [3.8, 4) is 0 Å². The predicted molar refractivity (Wildman–Crippen MR) is 451 cm³/mol. The van der Waals surface area contributed by atoms with E-state index in [4.69, 9.17) is 182 Å². The Morgan fingerprint density at radius 2 is 0.767 bits per heavy atom. The Balaban J connectivity index is 0.00000363. The number of nitrogens with two attached hydrogens (primary N) is 5. The molecular weight excluding hydrogens is 2060 g/mol. The fourth-order valence-corrected chi connectivity index (χ4v) is 24.0. The molecule has 6 fully saturated rings. The van der Waals surface area contributed by atoms with Crippen molar-refractivity contribution < 1.29 is 295 Å². The number of aryl methyl sites for hydroxylation is 2. The number of rotatable bonds is 35. The van der Waals surface area contributed by atoms with E-state index < -0.39 is 248 Å². The molecule has 0 aromatic carbocycles. The number of fused-ring (bicyclic) bond motifs is 2. The van der Waals surface area contributed by atoms with E-state index in [1.807, 2.05) is 0 Å². The quantitative estimate of drug-likeness (QED) is 0.0132. The van der Waals surface area contributed by atoms with Crippen molar-refractivity contribution >= 4 is 163 Å². The number of aromatic amines is 3. The fourth-order valence-electron chi connectivity index (χ4n) is 14.4. The summed E-state index contributed by atoms with van der Waals surface area (Å²) in [4.78, 5) is 209. The molecule has 0 spiro atoms. The Labute approximate surface area is 915 Å².